The van der Waals surface area contributed by atoms with Crippen LogP contribution in [0.4, 0.5) is 23.2 Å². The van der Waals surface area contributed by atoms with Gasteiger partial charge >= 0.3 is 12.1 Å². The number of benzene rings is 1. The molecular formula is C14H15F4NO2. The van der Waals surface area contributed by atoms with E-state index in [9.17, 15) is 22.4 Å². The molecule has 1 N–H and O–H groups in total. The van der Waals surface area contributed by atoms with Gasteiger partial charge in [0.2, 0.25) is 0 Å². The third kappa shape index (κ3) is 5.45. The lowest BCUT2D eigenvalue weighted by atomic mass is 10.1. The molecule has 0 aliphatic carbocycles. The molecule has 0 atom stereocenters. The third-order valence-electron chi connectivity index (χ3n) is 2.63. The van der Waals surface area contributed by atoms with Gasteiger partial charge in [0.05, 0.1) is 0 Å². The topological polar surface area (TPSA) is 40.5 Å². The summed E-state index contributed by atoms with van der Waals surface area (Å²) in [6, 6.07) is 3.70. The van der Waals surface area contributed by atoms with Crippen molar-refractivity contribution in [2.45, 2.75) is 19.5 Å². The van der Waals surface area contributed by atoms with E-state index in [4.69, 9.17) is 5.11 Å². The number of alkyl halides is 3. The highest BCUT2D eigenvalue weighted by atomic mass is 19.4. The standard InChI is InChI=1S/C14H15F4NO2/c1-2-8-19(9-14(16,17)18)12-5-3-4-11(15)10(12)6-7-13(20)21/h3-7H,2,8-9H2,1H3,(H,20,21)/b7-6+. The molecule has 0 saturated heterocycles. The van der Waals surface area contributed by atoms with E-state index in [0.717, 1.165) is 17.0 Å². The van der Waals surface area contributed by atoms with Crippen LogP contribution in [0.15, 0.2) is 24.3 Å². The van der Waals surface area contributed by atoms with Crippen LogP contribution in [-0.4, -0.2) is 30.3 Å². The summed E-state index contributed by atoms with van der Waals surface area (Å²) in [5, 5.41) is 8.58. The van der Waals surface area contributed by atoms with Gasteiger partial charge in [-0.05, 0) is 24.6 Å². The first kappa shape index (κ1) is 17.0. The summed E-state index contributed by atoms with van der Waals surface area (Å²) in [5.41, 5.74) is -0.149. The van der Waals surface area contributed by atoms with E-state index in [0.29, 0.717) is 12.5 Å². The SMILES string of the molecule is CCCN(CC(F)(F)F)c1cccc(F)c1/C=C/C(=O)O. The Morgan fingerprint density at radius 1 is 1.38 bits per heavy atom. The van der Waals surface area contributed by atoms with E-state index in [1.165, 1.54) is 12.1 Å². The van der Waals surface area contributed by atoms with Crippen LogP contribution >= 0.6 is 0 Å². The smallest absolute Gasteiger partial charge is 0.405 e. The molecule has 0 fully saturated rings. The number of halogens is 4. The highest BCUT2D eigenvalue weighted by Crippen LogP contribution is 2.28. The molecule has 0 bridgehead atoms. The average Bonchev–Trinajstić information content (AvgIpc) is 2.34. The Balaban J connectivity index is 3.24. The predicted molar refractivity (Wildman–Crippen MR) is 71.6 cm³/mol. The van der Waals surface area contributed by atoms with Crippen molar-refractivity contribution >= 4 is 17.7 Å². The lowest BCUT2D eigenvalue weighted by molar-refractivity contribution is -0.131. The van der Waals surface area contributed by atoms with Crippen molar-refractivity contribution in [2.24, 2.45) is 0 Å². The fraction of sp³-hybridized carbons (Fsp3) is 0.357. The van der Waals surface area contributed by atoms with Crippen LogP contribution in [0.3, 0.4) is 0 Å². The summed E-state index contributed by atoms with van der Waals surface area (Å²) in [6.45, 7) is 0.560. The number of anilines is 1. The summed E-state index contributed by atoms with van der Waals surface area (Å²) in [4.78, 5) is 11.5. The van der Waals surface area contributed by atoms with Crippen molar-refractivity contribution in [3.8, 4) is 0 Å². The predicted octanol–water partition coefficient (Wildman–Crippen LogP) is 3.70. The molecule has 3 nitrogen and oxygen atoms in total. The minimum atomic E-state index is -4.44. The van der Waals surface area contributed by atoms with Crippen LogP contribution in [0.25, 0.3) is 6.08 Å². The van der Waals surface area contributed by atoms with Crippen LogP contribution in [0.5, 0.6) is 0 Å². The Kier molecular flexibility index (Phi) is 5.75. The third-order valence-corrected chi connectivity index (χ3v) is 2.63. The zero-order valence-corrected chi connectivity index (χ0v) is 11.3. The molecule has 0 spiro atoms. The Labute approximate surface area is 119 Å². The lowest BCUT2D eigenvalue weighted by Crippen LogP contribution is -2.35. The fourth-order valence-corrected chi connectivity index (χ4v) is 1.89. The van der Waals surface area contributed by atoms with Crippen molar-refractivity contribution < 1.29 is 27.5 Å². The van der Waals surface area contributed by atoms with E-state index >= 15 is 0 Å². The zero-order valence-electron chi connectivity index (χ0n) is 11.3. The number of carbonyl (C=O) groups is 1. The summed E-state index contributed by atoms with van der Waals surface area (Å²) >= 11 is 0. The van der Waals surface area contributed by atoms with Crippen molar-refractivity contribution in [3.05, 3.63) is 35.7 Å². The normalized spacial score (nSPS) is 11.9. The highest BCUT2D eigenvalue weighted by Gasteiger charge is 2.31. The Hall–Kier alpha value is -2.05. The van der Waals surface area contributed by atoms with Gasteiger partial charge in [-0.1, -0.05) is 13.0 Å². The zero-order chi connectivity index (χ0) is 16.0. The van der Waals surface area contributed by atoms with Crippen LogP contribution in [0.1, 0.15) is 18.9 Å². The van der Waals surface area contributed by atoms with Gasteiger partial charge in [-0.25, -0.2) is 9.18 Å². The van der Waals surface area contributed by atoms with Crippen LogP contribution < -0.4 is 4.90 Å². The maximum absolute atomic E-state index is 13.8. The summed E-state index contributed by atoms with van der Waals surface area (Å²) in [7, 11) is 0. The monoisotopic (exact) mass is 305 g/mol. The highest BCUT2D eigenvalue weighted by molar-refractivity contribution is 5.87. The number of hydrogen-bond acceptors (Lipinski definition) is 2. The maximum atomic E-state index is 13.8. The van der Waals surface area contributed by atoms with Gasteiger partial charge in [0.25, 0.3) is 0 Å². The minimum Gasteiger partial charge on any atom is -0.478 e. The van der Waals surface area contributed by atoms with E-state index in [-0.39, 0.29) is 17.8 Å². The number of carboxylic acid groups (broad SMARTS) is 1. The largest absolute Gasteiger partial charge is 0.478 e. The molecular weight excluding hydrogens is 290 g/mol. The van der Waals surface area contributed by atoms with Crippen molar-refractivity contribution in [3.63, 3.8) is 0 Å². The molecule has 0 saturated carbocycles. The van der Waals surface area contributed by atoms with Crippen LogP contribution in [0.2, 0.25) is 0 Å². The second-order valence-corrected chi connectivity index (χ2v) is 4.38. The van der Waals surface area contributed by atoms with Gasteiger partial charge < -0.3 is 10.0 Å². The molecule has 21 heavy (non-hydrogen) atoms. The molecule has 0 unspecified atom stereocenters. The Bertz CT molecular complexity index is 526. The van der Waals surface area contributed by atoms with Gasteiger partial charge in [0.1, 0.15) is 12.4 Å². The van der Waals surface area contributed by atoms with Crippen LogP contribution in [-0.2, 0) is 4.79 Å². The number of carboxylic acids is 1. The molecule has 0 heterocycles. The number of hydrogen-bond donors (Lipinski definition) is 1. The number of rotatable bonds is 6. The molecule has 0 radical (unpaired) electrons. The van der Waals surface area contributed by atoms with Crippen LogP contribution in [0, 0.1) is 5.82 Å². The Morgan fingerprint density at radius 2 is 2.05 bits per heavy atom. The molecule has 0 aromatic heterocycles. The van der Waals surface area contributed by atoms with Crippen molar-refractivity contribution in [1.29, 1.82) is 0 Å². The second-order valence-electron chi connectivity index (χ2n) is 4.38. The van der Waals surface area contributed by atoms with Gasteiger partial charge in [0, 0.05) is 23.9 Å². The molecule has 0 aliphatic rings. The first-order valence-electron chi connectivity index (χ1n) is 6.26. The quantitative estimate of drug-likeness (QED) is 0.643. The van der Waals surface area contributed by atoms with E-state index in [1.807, 2.05) is 0 Å². The first-order chi connectivity index (χ1) is 9.74. The number of nitrogens with zero attached hydrogens (tertiary/aromatic N) is 1. The van der Waals surface area contributed by atoms with Gasteiger partial charge in [-0.2, -0.15) is 13.2 Å². The maximum Gasteiger partial charge on any atom is 0.405 e. The van der Waals surface area contributed by atoms with Crippen molar-refractivity contribution in [2.75, 3.05) is 18.0 Å². The van der Waals surface area contributed by atoms with E-state index in [2.05, 4.69) is 0 Å². The molecule has 1 aromatic rings. The van der Waals surface area contributed by atoms with Gasteiger partial charge in [-0.15, -0.1) is 0 Å². The summed E-state index contributed by atoms with van der Waals surface area (Å²) < 4.78 is 51.6. The first-order valence-corrected chi connectivity index (χ1v) is 6.26. The molecule has 1 rings (SSSR count). The van der Waals surface area contributed by atoms with E-state index in [1.54, 1.807) is 6.92 Å². The number of aliphatic carboxylic acids is 1. The minimum absolute atomic E-state index is 0.0201. The fourth-order valence-electron chi connectivity index (χ4n) is 1.89. The average molecular weight is 305 g/mol. The van der Waals surface area contributed by atoms with Crippen molar-refractivity contribution in [1.82, 2.24) is 0 Å². The van der Waals surface area contributed by atoms with E-state index < -0.39 is 24.5 Å². The summed E-state index contributed by atoms with van der Waals surface area (Å²) in [5.74, 6) is -2.07. The molecule has 0 aliphatic heterocycles. The summed E-state index contributed by atoms with van der Waals surface area (Å²) in [6.07, 6.45) is -2.34. The molecule has 7 heteroatoms. The molecule has 1 aromatic carbocycles. The Morgan fingerprint density at radius 3 is 2.57 bits per heavy atom. The second kappa shape index (κ2) is 7.10. The van der Waals surface area contributed by atoms with Gasteiger partial charge in [0.15, 0.2) is 0 Å². The molecule has 116 valence electrons. The lowest BCUT2D eigenvalue weighted by Gasteiger charge is -2.27. The molecule has 0 amide bonds. The van der Waals surface area contributed by atoms with Gasteiger partial charge in [-0.3, -0.25) is 0 Å².